The van der Waals surface area contributed by atoms with Gasteiger partial charge in [0, 0.05) is 36.8 Å². The zero-order valence-corrected chi connectivity index (χ0v) is 13.8. The van der Waals surface area contributed by atoms with E-state index in [1.165, 1.54) is 12.0 Å². The standard InChI is InChI=1S/C17H28N2O2/c1-12-13(2)19(9-8-16(12)18-3)11-14-6-7-15(20-4)10-17(14)21-5/h6-7,10,12-13,16,18H,8-9,11H2,1-5H3. The Balaban J connectivity index is 2.11. The third kappa shape index (κ3) is 3.50. The van der Waals surface area contributed by atoms with Crippen molar-refractivity contribution in [3.63, 3.8) is 0 Å². The molecular weight excluding hydrogens is 264 g/mol. The van der Waals surface area contributed by atoms with Crippen molar-refractivity contribution in [3.05, 3.63) is 23.8 Å². The molecule has 0 bridgehead atoms. The number of rotatable bonds is 5. The summed E-state index contributed by atoms with van der Waals surface area (Å²) in [7, 11) is 5.47. The van der Waals surface area contributed by atoms with E-state index >= 15 is 0 Å². The molecule has 3 atom stereocenters. The van der Waals surface area contributed by atoms with Crippen LogP contribution < -0.4 is 14.8 Å². The van der Waals surface area contributed by atoms with Crippen LogP contribution in [0, 0.1) is 5.92 Å². The minimum absolute atomic E-state index is 0.558. The molecule has 4 heteroatoms. The van der Waals surface area contributed by atoms with Crippen molar-refractivity contribution in [1.29, 1.82) is 0 Å². The fraction of sp³-hybridized carbons (Fsp3) is 0.647. The summed E-state index contributed by atoms with van der Waals surface area (Å²) < 4.78 is 10.8. The van der Waals surface area contributed by atoms with Crippen molar-refractivity contribution >= 4 is 0 Å². The molecule has 1 aromatic rings. The Morgan fingerprint density at radius 1 is 1.24 bits per heavy atom. The van der Waals surface area contributed by atoms with Gasteiger partial charge in [-0.1, -0.05) is 13.0 Å². The summed E-state index contributed by atoms with van der Waals surface area (Å²) in [6, 6.07) is 7.26. The van der Waals surface area contributed by atoms with Gasteiger partial charge in [0.2, 0.25) is 0 Å². The van der Waals surface area contributed by atoms with Gasteiger partial charge in [-0.15, -0.1) is 0 Å². The SMILES string of the molecule is CNC1CCN(Cc2ccc(OC)cc2OC)C(C)C1C. The summed E-state index contributed by atoms with van der Waals surface area (Å²) in [5.41, 5.74) is 1.22. The average Bonchev–Trinajstić information content (AvgIpc) is 2.52. The van der Waals surface area contributed by atoms with Crippen molar-refractivity contribution < 1.29 is 9.47 Å². The zero-order chi connectivity index (χ0) is 15.4. The monoisotopic (exact) mass is 292 g/mol. The van der Waals surface area contributed by atoms with E-state index in [0.717, 1.165) is 24.6 Å². The minimum atomic E-state index is 0.558. The Labute approximate surface area is 128 Å². The van der Waals surface area contributed by atoms with Crippen molar-refractivity contribution in [2.75, 3.05) is 27.8 Å². The lowest BCUT2D eigenvalue weighted by Crippen LogP contribution is -2.52. The summed E-state index contributed by atoms with van der Waals surface area (Å²) in [5, 5.41) is 3.44. The molecule has 3 unspecified atom stereocenters. The molecule has 1 heterocycles. The highest BCUT2D eigenvalue weighted by Crippen LogP contribution is 2.29. The van der Waals surface area contributed by atoms with E-state index in [9.17, 15) is 0 Å². The summed E-state index contributed by atoms with van der Waals surface area (Å²) >= 11 is 0. The first-order valence-electron chi connectivity index (χ1n) is 7.73. The Morgan fingerprint density at radius 3 is 2.62 bits per heavy atom. The molecule has 1 aliphatic heterocycles. The van der Waals surface area contributed by atoms with Gasteiger partial charge in [0.25, 0.3) is 0 Å². The van der Waals surface area contributed by atoms with E-state index in [2.05, 4.69) is 37.2 Å². The molecule has 0 aromatic heterocycles. The molecule has 1 aliphatic rings. The highest BCUT2D eigenvalue weighted by atomic mass is 16.5. The topological polar surface area (TPSA) is 33.7 Å². The van der Waals surface area contributed by atoms with Crippen LogP contribution in [0.4, 0.5) is 0 Å². The van der Waals surface area contributed by atoms with Crippen LogP contribution in [-0.4, -0.2) is 44.8 Å². The second-order valence-corrected chi connectivity index (χ2v) is 5.93. The van der Waals surface area contributed by atoms with E-state index in [1.807, 2.05) is 12.1 Å². The molecule has 0 saturated carbocycles. The molecule has 118 valence electrons. The first kappa shape index (κ1) is 16.1. The Hall–Kier alpha value is -1.26. The van der Waals surface area contributed by atoms with Crippen molar-refractivity contribution in [2.45, 2.75) is 38.9 Å². The van der Waals surface area contributed by atoms with Crippen LogP contribution in [0.3, 0.4) is 0 Å². The van der Waals surface area contributed by atoms with Crippen LogP contribution >= 0.6 is 0 Å². The number of hydrogen-bond donors (Lipinski definition) is 1. The molecule has 0 amide bonds. The van der Waals surface area contributed by atoms with Crippen LogP contribution in [0.5, 0.6) is 11.5 Å². The van der Waals surface area contributed by atoms with Gasteiger partial charge in [-0.05, 0) is 32.4 Å². The van der Waals surface area contributed by atoms with Crippen LogP contribution in [-0.2, 0) is 6.54 Å². The predicted octanol–water partition coefficient (Wildman–Crippen LogP) is 2.52. The van der Waals surface area contributed by atoms with Crippen LogP contribution in [0.2, 0.25) is 0 Å². The van der Waals surface area contributed by atoms with Crippen LogP contribution in [0.25, 0.3) is 0 Å². The van der Waals surface area contributed by atoms with Crippen LogP contribution in [0.1, 0.15) is 25.8 Å². The first-order chi connectivity index (χ1) is 10.1. The summed E-state index contributed by atoms with van der Waals surface area (Å²) in [6.07, 6.45) is 1.19. The molecule has 0 aliphatic carbocycles. The molecule has 2 rings (SSSR count). The number of benzene rings is 1. The lowest BCUT2D eigenvalue weighted by Gasteiger charge is -2.42. The molecule has 1 fully saturated rings. The number of methoxy groups -OCH3 is 2. The lowest BCUT2D eigenvalue weighted by molar-refractivity contribution is 0.0804. The van der Waals surface area contributed by atoms with E-state index in [0.29, 0.717) is 18.0 Å². The van der Waals surface area contributed by atoms with Gasteiger partial charge >= 0.3 is 0 Å². The number of nitrogens with one attached hydrogen (secondary N) is 1. The molecular formula is C17H28N2O2. The fourth-order valence-corrected chi connectivity index (χ4v) is 3.27. The summed E-state index contributed by atoms with van der Waals surface area (Å²) in [5.74, 6) is 2.39. The molecule has 0 spiro atoms. The van der Waals surface area contributed by atoms with Crippen molar-refractivity contribution in [1.82, 2.24) is 10.2 Å². The van der Waals surface area contributed by atoms with Gasteiger partial charge in [-0.3, -0.25) is 4.90 Å². The average molecular weight is 292 g/mol. The summed E-state index contributed by atoms with van der Waals surface area (Å²) in [6.45, 7) is 6.70. The lowest BCUT2D eigenvalue weighted by atomic mass is 9.87. The number of likely N-dealkylation sites (tertiary alicyclic amines) is 1. The fourth-order valence-electron chi connectivity index (χ4n) is 3.27. The zero-order valence-electron chi connectivity index (χ0n) is 13.8. The third-order valence-corrected chi connectivity index (χ3v) is 4.94. The molecule has 1 aromatic carbocycles. The Bertz CT molecular complexity index is 464. The number of hydrogen-bond acceptors (Lipinski definition) is 4. The maximum atomic E-state index is 5.51. The first-order valence-corrected chi connectivity index (χ1v) is 7.73. The van der Waals surface area contributed by atoms with Gasteiger partial charge in [0.05, 0.1) is 14.2 Å². The molecule has 1 saturated heterocycles. The summed E-state index contributed by atoms with van der Waals surface area (Å²) in [4.78, 5) is 2.54. The number of piperidine rings is 1. The minimum Gasteiger partial charge on any atom is -0.497 e. The quantitative estimate of drug-likeness (QED) is 0.904. The third-order valence-electron chi connectivity index (χ3n) is 4.94. The highest BCUT2D eigenvalue weighted by Gasteiger charge is 2.31. The van der Waals surface area contributed by atoms with Gasteiger partial charge in [0.1, 0.15) is 11.5 Å². The smallest absolute Gasteiger partial charge is 0.127 e. The second kappa shape index (κ2) is 7.14. The molecule has 1 N–H and O–H groups in total. The van der Waals surface area contributed by atoms with Gasteiger partial charge in [-0.2, -0.15) is 0 Å². The Kier molecular flexibility index (Phi) is 5.48. The normalized spacial score (nSPS) is 26.6. The van der Waals surface area contributed by atoms with Gasteiger partial charge in [-0.25, -0.2) is 0 Å². The van der Waals surface area contributed by atoms with Gasteiger partial charge in [0.15, 0.2) is 0 Å². The van der Waals surface area contributed by atoms with E-state index in [4.69, 9.17) is 9.47 Å². The van der Waals surface area contributed by atoms with E-state index in [1.54, 1.807) is 14.2 Å². The predicted molar refractivity (Wildman–Crippen MR) is 86.0 cm³/mol. The number of ether oxygens (including phenoxy) is 2. The molecule has 0 radical (unpaired) electrons. The maximum absolute atomic E-state index is 5.51. The van der Waals surface area contributed by atoms with E-state index < -0.39 is 0 Å². The Morgan fingerprint density at radius 2 is 2.00 bits per heavy atom. The van der Waals surface area contributed by atoms with Crippen molar-refractivity contribution in [3.8, 4) is 11.5 Å². The molecule has 4 nitrogen and oxygen atoms in total. The van der Waals surface area contributed by atoms with E-state index in [-0.39, 0.29) is 0 Å². The second-order valence-electron chi connectivity index (χ2n) is 5.93. The molecule has 21 heavy (non-hydrogen) atoms. The number of nitrogens with zero attached hydrogens (tertiary/aromatic N) is 1. The van der Waals surface area contributed by atoms with Gasteiger partial charge < -0.3 is 14.8 Å². The largest absolute Gasteiger partial charge is 0.497 e. The van der Waals surface area contributed by atoms with Crippen LogP contribution in [0.15, 0.2) is 18.2 Å². The van der Waals surface area contributed by atoms with Crippen molar-refractivity contribution in [2.24, 2.45) is 5.92 Å². The highest BCUT2D eigenvalue weighted by molar-refractivity contribution is 5.40. The maximum Gasteiger partial charge on any atom is 0.127 e.